The van der Waals surface area contributed by atoms with Crippen LogP contribution in [0.15, 0.2) is 69.3 Å². The van der Waals surface area contributed by atoms with Gasteiger partial charge in [0, 0.05) is 10.9 Å². The molecule has 1 N–H and O–H groups in total. The maximum absolute atomic E-state index is 12.8. The molecule has 27 heavy (non-hydrogen) atoms. The van der Waals surface area contributed by atoms with E-state index in [1.165, 1.54) is 10.5 Å². The molecule has 0 aliphatic heterocycles. The van der Waals surface area contributed by atoms with Gasteiger partial charge in [0.1, 0.15) is 0 Å². The van der Waals surface area contributed by atoms with Gasteiger partial charge in [0.15, 0.2) is 0 Å². The third kappa shape index (κ3) is 6.52. The zero-order valence-electron chi connectivity index (χ0n) is 16.5. The first kappa shape index (κ1) is 21.7. The lowest BCUT2D eigenvalue weighted by molar-refractivity contribution is 0.544. The van der Waals surface area contributed by atoms with Gasteiger partial charge in [0.2, 0.25) is 10.0 Å². The molecular weight excluding hydrogens is 374 g/mol. The molecule has 0 bridgehead atoms. The fraction of sp³-hybridized carbons (Fsp3) is 0.364. The molecule has 146 valence electrons. The Morgan fingerprint density at radius 1 is 1.11 bits per heavy atom. The molecule has 0 saturated heterocycles. The van der Waals surface area contributed by atoms with E-state index in [2.05, 4.69) is 36.1 Å². The van der Waals surface area contributed by atoms with Crippen molar-refractivity contribution in [2.75, 3.05) is 0 Å². The molecule has 2 aromatic rings. The van der Waals surface area contributed by atoms with Gasteiger partial charge in [-0.2, -0.15) is 0 Å². The summed E-state index contributed by atoms with van der Waals surface area (Å²) in [5, 5.41) is 2.07. The summed E-state index contributed by atoms with van der Waals surface area (Å²) in [5.41, 5.74) is 3.30. The van der Waals surface area contributed by atoms with E-state index in [4.69, 9.17) is 0 Å². The average molecular weight is 404 g/mol. The fourth-order valence-electron chi connectivity index (χ4n) is 2.69. The van der Waals surface area contributed by atoms with E-state index in [-0.39, 0.29) is 6.04 Å². The zero-order chi connectivity index (χ0) is 19.9. The number of nitrogens with one attached hydrogen (secondary N) is 1. The largest absolute Gasteiger partial charge is 0.241 e. The molecule has 0 aliphatic rings. The second kappa shape index (κ2) is 10.1. The molecule has 1 unspecified atom stereocenters. The van der Waals surface area contributed by atoms with E-state index < -0.39 is 10.0 Å². The Morgan fingerprint density at radius 3 is 2.41 bits per heavy atom. The summed E-state index contributed by atoms with van der Waals surface area (Å²) in [6.07, 6.45) is 2.79. The lowest BCUT2D eigenvalue weighted by Gasteiger charge is -2.20. The highest BCUT2D eigenvalue weighted by molar-refractivity contribution is 8.02. The molecule has 1 atom stereocenters. The van der Waals surface area contributed by atoms with Crippen molar-refractivity contribution in [1.82, 2.24) is 4.72 Å². The van der Waals surface area contributed by atoms with Gasteiger partial charge in [-0.15, -0.1) is 0 Å². The van der Waals surface area contributed by atoms with Crippen molar-refractivity contribution >= 4 is 21.8 Å². The Balaban J connectivity index is 2.19. The minimum absolute atomic E-state index is 0.201. The minimum atomic E-state index is -3.54. The normalized spacial score (nSPS) is 13.6. The number of hydrogen-bond acceptors (Lipinski definition) is 3. The van der Waals surface area contributed by atoms with Gasteiger partial charge in [-0.05, 0) is 61.9 Å². The minimum Gasteiger partial charge on any atom is -0.207 e. The van der Waals surface area contributed by atoms with E-state index in [0.29, 0.717) is 4.90 Å². The van der Waals surface area contributed by atoms with Crippen LogP contribution in [0.4, 0.5) is 0 Å². The summed E-state index contributed by atoms with van der Waals surface area (Å²) >= 11 is 1.64. The molecule has 0 saturated carbocycles. The second-order valence-electron chi connectivity index (χ2n) is 6.87. The molecule has 0 spiro atoms. The van der Waals surface area contributed by atoms with E-state index in [9.17, 15) is 8.42 Å². The summed E-state index contributed by atoms with van der Waals surface area (Å²) in [7, 11) is -3.54. The maximum atomic E-state index is 12.8. The number of unbranched alkanes of at least 4 members (excludes halogenated alkanes) is 1. The summed E-state index contributed by atoms with van der Waals surface area (Å²) < 4.78 is 28.5. The lowest BCUT2D eigenvalue weighted by Crippen LogP contribution is -2.35. The zero-order valence-corrected chi connectivity index (χ0v) is 18.2. The smallest absolute Gasteiger partial charge is 0.207 e. The summed E-state index contributed by atoms with van der Waals surface area (Å²) in [5.74, 6) is 0. The standard InChI is InChI=1S/C22H29NO2S2/c1-5-6-10-21(19(4)16-26-22-11-8-7-9-18(22)3)23-27(24,25)20-14-12-17(2)13-15-20/h7-9,11-16,21,23H,5-6,10H2,1-4H3. The van der Waals surface area contributed by atoms with Crippen LogP contribution in [0.5, 0.6) is 0 Å². The molecule has 0 radical (unpaired) electrons. The van der Waals surface area contributed by atoms with Crippen molar-refractivity contribution < 1.29 is 8.42 Å². The molecular formula is C22H29NO2S2. The van der Waals surface area contributed by atoms with Crippen LogP contribution >= 0.6 is 11.8 Å². The quantitative estimate of drug-likeness (QED) is 0.535. The SMILES string of the molecule is CCCCC(NS(=O)(=O)c1ccc(C)cc1)C(C)=CSc1ccccc1C. The summed E-state index contributed by atoms with van der Waals surface area (Å²) in [6, 6.07) is 15.0. The summed E-state index contributed by atoms with van der Waals surface area (Å²) in [6.45, 7) is 8.15. The van der Waals surface area contributed by atoms with Gasteiger partial charge in [-0.3, -0.25) is 0 Å². The van der Waals surface area contributed by atoms with E-state index >= 15 is 0 Å². The molecule has 0 heterocycles. The topological polar surface area (TPSA) is 46.2 Å². The predicted molar refractivity (Wildman–Crippen MR) is 116 cm³/mol. The van der Waals surface area contributed by atoms with Gasteiger partial charge >= 0.3 is 0 Å². The van der Waals surface area contributed by atoms with Gasteiger partial charge in [0.05, 0.1) is 4.90 Å². The molecule has 3 nitrogen and oxygen atoms in total. The third-order valence-corrected chi connectivity index (χ3v) is 7.18. The molecule has 2 aromatic carbocycles. The number of rotatable bonds is 9. The Kier molecular flexibility index (Phi) is 8.14. The molecule has 0 fully saturated rings. The van der Waals surface area contributed by atoms with E-state index in [1.54, 1.807) is 23.9 Å². The van der Waals surface area contributed by atoms with E-state index in [1.807, 2.05) is 38.1 Å². The van der Waals surface area contributed by atoms with Gasteiger partial charge in [0.25, 0.3) is 0 Å². The van der Waals surface area contributed by atoms with Crippen LogP contribution in [0.2, 0.25) is 0 Å². The van der Waals surface area contributed by atoms with Crippen LogP contribution in [0.3, 0.4) is 0 Å². The molecule has 0 aromatic heterocycles. The van der Waals surface area contributed by atoms with Crippen molar-refractivity contribution in [3.8, 4) is 0 Å². The highest BCUT2D eigenvalue weighted by Gasteiger charge is 2.21. The second-order valence-corrected chi connectivity index (χ2v) is 9.50. The highest BCUT2D eigenvalue weighted by atomic mass is 32.2. The van der Waals surface area contributed by atoms with Crippen molar-refractivity contribution in [1.29, 1.82) is 0 Å². The lowest BCUT2D eigenvalue weighted by atomic mass is 10.1. The number of sulfonamides is 1. The average Bonchev–Trinajstić information content (AvgIpc) is 2.64. The Hall–Kier alpha value is -1.56. The Morgan fingerprint density at radius 2 is 1.78 bits per heavy atom. The van der Waals surface area contributed by atoms with E-state index in [0.717, 1.165) is 30.4 Å². The first-order valence-corrected chi connectivity index (χ1v) is 11.7. The molecule has 0 amide bonds. The number of benzene rings is 2. The van der Waals surface area contributed by atoms with Crippen LogP contribution < -0.4 is 4.72 Å². The number of aryl methyl sites for hydroxylation is 2. The maximum Gasteiger partial charge on any atom is 0.241 e. The first-order valence-electron chi connectivity index (χ1n) is 9.31. The fourth-order valence-corrected chi connectivity index (χ4v) is 4.88. The van der Waals surface area contributed by atoms with Gasteiger partial charge in [-0.25, -0.2) is 13.1 Å². The summed E-state index contributed by atoms with van der Waals surface area (Å²) in [4.78, 5) is 1.50. The van der Waals surface area contributed by atoms with Crippen molar-refractivity contribution in [2.24, 2.45) is 0 Å². The number of thioether (sulfide) groups is 1. The molecule has 0 aliphatic carbocycles. The van der Waals surface area contributed by atoms with Gasteiger partial charge < -0.3 is 0 Å². The van der Waals surface area contributed by atoms with Crippen molar-refractivity contribution in [2.45, 2.75) is 62.8 Å². The van der Waals surface area contributed by atoms with Crippen LogP contribution in [0, 0.1) is 13.8 Å². The number of hydrogen-bond donors (Lipinski definition) is 1. The van der Waals surface area contributed by atoms with Crippen LogP contribution in [0.25, 0.3) is 0 Å². The van der Waals surface area contributed by atoms with Crippen LogP contribution in [-0.4, -0.2) is 14.5 Å². The van der Waals surface area contributed by atoms with Crippen molar-refractivity contribution in [3.05, 3.63) is 70.6 Å². The first-order chi connectivity index (χ1) is 12.8. The Labute approximate surface area is 168 Å². The van der Waals surface area contributed by atoms with Crippen LogP contribution in [0.1, 0.15) is 44.2 Å². The monoisotopic (exact) mass is 403 g/mol. The molecule has 2 rings (SSSR count). The third-order valence-electron chi connectivity index (χ3n) is 4.49. The van der Waals surface area contributed by atoms with Crippen molar-refractivity contribution in [3.63, 3.8) is 0 Å². The molecule has 5 heteroatoms. The van der Waals surface area contributed by atoms with Crippen LogP contribution in [-0.2, 0) is 10.0 Å². The van der Waals surface area contributed by atoms with Gasteiger partial charge in [-0.1, -0.05) is 67.4 Å². The predicted octanol–water partition coefficient (Wildman–Crippen LogP) is 5.84. The Bertz CT molecular complexity index is 871. The highest BCUT2D eigenvalue weighted by Crippen LogP contribution is 2.26.